The Labute approximate surface area is 170 Å². The van der Waals surface area contributed by atoms with Crippen molar-refractivity contribution >= 4 is 17.2 Å². The molecule has 5 heteroatoms. The van der Waals surface area contributed by atoms with Gasteiger partial charge in [-0.1, -0.05) is 36.8 Å². The van der Waals surface area contributed by atoms with Crippen LogP contribution in [0.1, 0.15) is 45.5 Å². The Kier molecular flexibility index (Phi) is 6.82. The summed E-state index contributed by atoms with van der Waals surface area (Å²) in [4.78, 5) is 19.5. The molecule has 0 radical (unpaired) electrons. The van der Waals surface area contributed by atoms with Crippen molar-refractivity contribution in [2.24, 2.45) is 0 Å². The minimum atomic E-state index is 0.0520. The summed E-state index contributed by atoms with van der Waals surface area (Å²) in [6, 6.07) is 15.7. The largest absolute Gasteiger partial charge is 0.486 e. The quantitative estimate of drug-likeness (QED) is 0.514. The summed E-state index contributed by atoms with van der Waals surface area (Å²) in [5.74, 6) is 0.898. The topological polar surface area (TPSA) is 42.4 Å². The molecule has 0 fully saturated rings. The molecule has 3 aromatic rings. The molecule has 146 valence electrons. The fourth-order valence-electron chi connectivity index (χ4n) is 3.02. The first-order valence-corrected chi connectivity index (χ1v) is 10.4. The molecule has 2 aromatic carbocycles. The van der Waals surface area contributed by atoms with Crippen LogP contribution in [0.5, 0.6) is 5.75 Å². The van der Waals surface area contributed by atoms with E-state index in [0.717, 1.165) is 34.0 Å². The molecule has 0 saturated heterocycles. The Balaban J connectivity index is 1.64. The van der Waals surface area contributed by atoms with Gasteiger partial charge in [0.25, 0.3) is 5.91 Å². The fraction of sp³-hybridized carbons (Fsp3) is 0.304. The zero-order valence-electron chi connectivity index (χ0n) is 16.6. The van der Waals surface area contributed by atoms with E-state index in [1.165, 1.54) is 5.56 Å². The number of thiazole rings is 1. The van der Waals surface area contributed by atoms with Crippen LogP contribution in [0.15, 0.2) is 53.9 Å². The molecule has 0 saturated carbocycles. The maximum Gasteiger partial charge on any atom is 0.254 e. The van der Waals surface area contributed by atoms with Crippen molar-refractivity contribution in [2.45, 2.75) is 40.3 Å². The predicted octanol–water partition coefficient (Wildman–Crippen LogP) is 5.39. The normalized spacial score (nSPS) is 10.7. The van der Waals surface area contributed by atoms with E-state index in [2.05, 4.69) is 11.9 Å². The van der Waals surface area contributed by atoms with Gasteiger partial charge in [0.2, 0.25) is 0 Å². The zero-order chi connectivity index (χ0) is 19.9. The third-order valence-electron chi connectivity index (χ3n) is 4.35. The molecule has 1 aromatic heterocycles. The van der Waals surface area contributed by atoms with Crippen molar-refractivity contribution in [3.63, 3.8) is 0 Å². The van der Waals surface area contributed by atoms with E-state index in [1.54, 1.807) is 11.3 Å². The van der Waals surface area contributed by atoms with Gasteiger partial charge in [-0.2, -0.15) is 0 Å². The number of aromatic nitrogens is 1. The second kappa shape index (κ2) is 9.51. The number of ether oxygens (including phenoxy) is 1. The van der Waals surface area contributed by atoms with Crippen molar-refractivity contribution in [1.82, 2.24) is 9.88 Å². The molecule has 0 bridgehead atoms. The Morgan fingerprint density at radius 1 is 1.11 bits per heavy atom. The third-order valence-corrected chi connectivity index (χ3v) is 5.22. The van der Waals surface area contributed by atoms with Crippen LogP contribution in [0.4, 0.5) is 0 Å². The Hall–Kier alpha value is -2.66. The number of nitrogens with zero attached hydrogens (tertiary/aromatic N) is 2. The summed E-state index contributed by atoms with van der Waals surface area (Å²) in [5.41, 5.74) is 3.89. The molecule has 0 N–H and O–H groups in total. The SMILES string of the molecule is CCCN(Cc1csc(COc2cccc(C)c2)n1)C(=O)c1cccc(C)c1. The van der Waals surface area contributed by atoms with Crippen LogP contribution in [0, 0.1) is 13.8 Å². The van der Waals surface area contributed by atoms with Gasteiger partial charge in [0.15, 0.2) is 0 Å². The van der Waals surface area contributed by atoms with E-state index in [-0.39, 0.29) is 5.91 Å². The van der Waals surface area contributed by atoms with Crippen LogP contribution in [0.3, 0.4) is 0 Å². The number of hydrogen-bond acceptors (Lipinski definition) is 4. The molecule has 28 heavy (non-hydrogen) atoms. The van der Waals surface area contributed by atoms with Crippen LogP contribution in [-0.2, 0) is 13.2 Å². The van der Waals surface area contributed by atoms with Crippen LogP contribution in [0.25, 0.3) is 0 Å². The minimum absolute atomic E-state index is 0.0520. The van der Waals surface area contributed by atoms with Crippen molar-refractivity contribution in [1.29, 1.82) is 0 Å². The number of rotatable bonds is 8. The van der Waals surface area contributed by atoms with Gasteiger partial charge in [0.05, 0.1) is 12.2 Å². The highest BCUT2D eigenvalue weighted by atomic mass is 32.1. The second-order valence-electron chi connectivity index (χ2n) is 6.93. The van der Waals surface area contributed by atoms with Gasteiger partial charge in [0.1, 0.15) is 17.4 Å². The number of hydrogen-bond donors (Lipinski definition) is 0. The molecule has 0 aliphatic rings. The standard InChI is InChI=1S/C23H26N2O2S/c1-4-11-25(23(26)19-9-5-7-17(2)12-19)14-20-16-28-22(24-20)15-27-21-10-6-8-18(3)13-21/h5-10,12-13,16H,4,11,14-15H2,1-3H3. The summed E-state index contributed by atoms with van der Waals surface area (Å²) < 4.78 is 5.84. The fourth-order valence-corrected chi connectivity index (χ4v) is 3.71. The molecule has 0 atom stereocenters. The Morgan fingerprint density at radius 2 is 1.86 bits per heavy atom. The summed E-state index contributed by atoms with van der Waals surface area (Å²) in [6.07, 6.45) is 0.908. The number of aryl methyl sites for hydroxylation is 2. The number of amides is 1. The van der Waals surface area contributed by atoms with Crippen molar-refractivity contribution in [3.8, 4) is 5.75 Å². The van der Waals surface area contributed by atoms with Gasteiger partial charge < -0.3 is 9.64 Å². The van der Waals surface area contributed by atoms with E-state index in [4.69, 9.17) is 4.74 Å². The lowest BCUT2D eigenvalue weighted by Crippen LogP contribution is -2.31. The van der Waals surface area contributed by atoms with E-state index in [9.17, 15) is 4.79 Å². The molecular formula is C23H26N2O2S. The lowest BCUT2D eigenvalue weighted by molar-refractivity contribution is 0.0741. The van der Waals surface area contributed by atoms with Gasteiger partial charge in [0, 0.05) is 17.5 Å². The van der Waals surface area contributed by atoms with Crippen molar-refractivity contribution < 1.29 is 9.53 Å². The molecular weight excluding hydrogens is 368 g/mol. The number of carbonyl (C=O) groups is 1. The highest BCUT2D eigenvalue weighted by Crippen LogP contribution is 2.18. The zero-order valence-corrected chi connectivity index (χ0v) is 17.5. The summed E-state index contributed by atoms with van der Waals surface area (Å²) in [5, 5.41) is 2.93. The van der Waals surface area contributed by atoms with Crippen LogP contribution in [0.2, 0.25) is 0 Å². The molecule has 1 amide bonds. The predicted molar refractivity (Wildman–Crippen MR) is 114 cm³/mol. The van der Waals surface area contributed by atoms with Gasteiger partial charge in [-0.25, -0.2) is 4.98 Å². The Morgan fingerprint density at radius 3 is 2.57 bits per heavy atom. The molecule has 4 nitrogen and oxygen atoms in total. The first-order chi connectivity index (χ1) is 13.5. The minimum Gasteiger partial charge on any atom is -0.486 e. The van der Waals surface area contributed by atoms with Crippen molar-refractivity contribution in [3.05, 3.63) is 81.3 Å². The molecule has 3 rings (SSSR count). The molecule has 0 aliphatic heterocycles. The molecule has 0 spiro atoms. The van der Waals surface area contributed by atoms with Crippen LogP contribution >= 0.6 is 11.3 Å². The lowest BCUT2D eigenvalue weighted by Gasteiger charge is -2.21. The van der Waals surface area contributed by atoms with Gasteiger partial charge >= 0.3 is 0 Å². The smallest absolute Gasteiger partial charge is 0.254 e. The second-order valence-corrected chi connectivity index (χ2v) is 7.88. The average Bonchev–Trinajstić information content (AvgIpc) is 3.13. The van der Waals surface area contributed by atoms with E-state index in [0.29, 0.717) is 19.7 Å². The van der Waals surface area contributed by atoms with Crippen molar-refractivity contribution in [2.75, 3.05) is 6.54 Å². The maximum atomic E-state index is 12.9. The van der Waals surface area contributed by atoms with Gasteiger partial charge in [-0.05, 0) is 50.1 Å². The third kappa shape index (κ3) is 5.42. The first kappa shape index (κ1) is 20.1. The first-order valence-electron chi connectivity index (χ1n) is 9.54. The summed E-state index contributed by atoms with van der Waals surface area (Å²) in [7, 11) is 0. The summed E-state index contributed by atoms with van der Waals surface area (Å²) in [6.45, 7) is 7.79. The van der Waals surface area contributed by atoms with Crippen LogP contribution < -0.4 is 4.74 Å². The van der Waals surface area contributed by atoms with Gasteiger partial charge in [-0.3, -0.25) is 4.79 Å². The van der Waals surface area contributed by atoms with E-state index in [1.807, 2.05) is 72.7 Å². The monoisotopic (exact) mass is 394 g/mol. The molecule has 1 heterocycles. The van der Waals surface area contributed by atoms with E-state index >= 15 is 0 Å². The maximum absolute atomic E-state index is 12.9. The number of carbonyl (C=O) groups excluding carboxylic acids is 1. The van der Waals surface area contributed by atoms with E-state index < -0.39 is 0 Å². The highest BCUT2D eigenvalue weighted by Gasteiger charge is 2.17. The molecule has 0 aliphatic carbocycles. The lowest BCUT2D eigenvalue weighted by atomic mass is 10.1. The average molecular weight is 395 g/mol. The van der Waals surface area contributed by atoms with Crippen LogP contribution in [-0.4, -0.2) is 22.3 Å². The number of benzene rings is 2. The van der Waals surface area contributed by atoms with Gasteiger partial charge in [-0.15, -0.1) is 11.3 Å². The highest BCUT2D eigenvalue weighted by molar-refractivity contribution is 7.09. The molecule has 0 unspecified atom stereocenters. The Bertz CT molecular complexity index is 936. The summed E-state index contributed by atoms with van der Waals surface area (Å²) >= 11 is 1.57.